The minimum absolute atomic E-state index is 0.421. The average Bonchev–Trinajstić information content (AvgIpc) is 2.96. The van der Waals surface area contributed by atoms with Crippen LogP contribution in [0.3, 0.4) is 0 Å². The summed E-state index contributed by atoms with van der Waals surface area (Å²) in [7, 11) is 0. The molecule has 0 nitrogen and oxygen atoms in total. The highest BCUT2D eigenvalue weighted by atomic mass is 35.5. The van der Waals surface area contributed by atoms with E-state index < -0.39 is 0 Å². The van der Waals surface area contributed by atoms with Gasteiger partial charge >= 0.3 is 0 Å². The van der Waals surface area contributed by atoms with E-state index in [2.05, 4.69) is 103 Å². The van der Waals surface area contributed by atoms with Gasteiger partial charge in [0.25, 0.3) is 0 Å². The first-order valence-electron chi connectivity index (χ1n) is 14.1. The van der Waals surface area contributed by atoms with Crippen molar-refractivity contribution in [3.8, 4) is 0 Å². The van der Waals surface area contributed by atoms with Crippen LogP contribution in [0, 0.1) is 35.5 Å². The Morgan fingerprint density at radius 1 is 0.378 bits per heavy atom. The van der Waals surface area contributed by atoms with E-state index in [-0.39, 0.29) is 0 Å². The highest BCUT2D eigenvalue weighted by molar-refractivity contribution is 6.30. The predicted octanol–water partition coefficient (Wildman–Crippen LogP) is 8.42. The van der Waals surface area contributed by atoms with Gasteiger partial charge in [0, 0.05) is 34.6 Å². The van der Waals surface area contributed by atoms with Crippen LogP contribution in [-0.2, 0) is 0 Å². The molecule has 37 heavy (non-hydrogen) atoms. The number of hydrogen-bond donors (Lipinski definition) is 0. The number of allylic oxidation sites excluding steroid dienone is 2. The van der Waals surface area contributed by atoms with Gasteiger partial charge in [0.1, 0.15) is 0 Å². The van der Waals surface area contributed by atoms with Crippen LogP contribution in [0.25, 0.3) is 0 Å². The molecule has 9 aliphatic rings. The van der Waals surface area contributed by atoms with Crippen molar-refractivity contribution >= 4 is 11.6 Å². The van der Waals surface area contributed by atoms with Crippen molar-refractivity contribution in [3.63, 3.8) is 0 Å². The Kier molecular flexibility index (Phi) is 3.59. The number of rotatable bonds is 0. The quantitative estimate of drug-likeness (QED) is 0.230. The van der Waals surface area contributed by atoms with Gasteiger partial charge < -0.3 is 0 Å². The first-order chi connectivity index (χ1) is 18.3. The summed E-state index contributed by atoms with van der Waals surface area (Å²) in [5.74, 6) is 5.19. The van der Waals surface area contributed by atoms with Gasteiger partial charge in [-0.3, -0.25) is 0 Å². The Labute approximate surface area is 223 Å². The number of hydrogen-bond acceptors (Lipinski definition) is 0. The smallest absolute Gasteiger partial charge is 0.0181 e. The van der Waals surface area contributed by atoms with Gasteiger partial charge in [-0.1, -0.05) is 115 Å². The molecule has 0 saturated heterocycles. The minimum atomic E-state index is 0.421. The van der Waals surface area contributed by atoms with E-state index in [0.717, 1.165) is 5.03 Å². The lowest BCUT2D eigenvalue weighted by Gasteiger charge is -2.68. The minimum Gasteiger partial charge on any atom is -0.0892 e. The van der Waals surface area contributed by atoms with Crippen molar-refractivity contribution in [2.45, 2.75) is 23.7 Å². The summed E-state index contributed by atoms with van der Waals surface area (Å²) in [6.07, 6.45) is 2.55. The second kappa shape index (κ2) is 6.66. The standard InChI is InChI=1S/C36H27Cl/c37-27-17-26-32-28-18-9-1-5-13-22(18)30(23-14-6-2-10-19(23)28)35(32)34(27)36-31-24-15-7-3-11-20(24)29(33(26)36)21-12-4-8-16-25(21)31/h1-17,26,28-36H/t26?,28?,29?,30?,31?,32-,33+,34?,35-,36-/m0/s1. The average molecular weight is 495 g/mol. The van der Waals surface area contributed by atoms with E-state index >= 15 is 0 Å². The maximum absolute atomic E-state index is 7.40. The predicted molar refractivity (Wildman–Crippen MR) is 148 cm³/mol. The molecule has 0 radical (unpaired) electrons. The summed E-state index contributed by atoms with van der Waals surface area (Å²) in [6, 6.07) is 37.5. The molecule has 0 heterocycles. The molecule has 4 aromatic carbocycles. The van der Waals surface area contributed by atoms with Crippen LogP contribution < -0.4 is 0 Å². The Morgan fingerprint density at radius 3 is 0.946 bits per heavy atom. The van der Waals surface area contributed by atoms with Gasteiger partial charge in [0.2, 0.25) is 0 Å². The zero-order chi connectivity index (χ0) is 24.0. The summed E-state index contributed by atoms with van der Waals surface area (Å²) in [4.78, 5) is 0. The Bertz CT molecular complexity index is 1470. The molecule has 0 spiro atoms. The van der Waals surface area contributed by atoms with Crippen LogP contribution >= 0.6 is 11.6 Å². The number of benzene rings is 4. The van der Waals surface area contributed by atoms with Crippen molar-refractivity contribution in [3.05, 3.63) is 153 Å². The van der Waals surface area contributed by atoms with Crippen molar-refractivity contribution in [2.24, 2.45) is 35.5 Å². The third-order valence-electron chi connectivity index (χ3n) is 11.5. The van der Waals surface area contributed by atoms with E-state index in [1.807, 2.05) is 0 Å². The van der Waals surface area contributed by atoms with Gasteiger partial charge in [0.15, 0.2) is 0 Å². The SMILES string of the molecule is ClC1=CC2[C@H]3C4c5ccccc5C(c5ccccc54)[C@@H]3C1[C@H]1C3c4ccccc4C(c4ccccc43)[C@@H]21. The molecule has 0 aliphatic heterocycles. The molecule has 1 heteroatoms. The molecule has 1 saturated carbocycles. The zero-order valence-corrected chi connectivity index (χ0v) is 21.2. The molecule has 13 rings (SSSR count). The van der Waals surface area contributed by atoms with Gasteiger partial charge in [0.05, 0.1) is 0 Å². The van der Waals surface area contributed by atoms with Crippen LogP contribution in [0.4, 0.5) is 0 Å². The van der Waals surface area contributed by atoms with Crippen LogP contribution in [0.5, 0.6) is 0 Å². The largest absolute Gasteiger partial charge is 0.0892 e. The van der Waals surface area contributed by atoms with Gasteiger partial charge in [-0.15, -0.1) is 0 Å². The normalized spacial score (nSPS) is 38.0. The molecule has 9 aliphatic carbocycles. The van der Waals surface area contributed by atoms with Crippen LogP contribution in [0.15, 0.2) is 108 Å². The Balaban J connectivity index is 1.26. The van der Waals surface area contributed by atoms with Crippen molar-refractivity contribution in [2.75, 3.05) is 0 Å². The molecule has 0 amide bonds. The lowest BCUT2D eigenvalue weighted by molar-refractivity contribution is -0.0497. The molecular weight excluding hydrogens is 468 g/mol. The van der Waals surface area contributed by atoms with Gasteiger partial charge in [-0.05, 0) is 74.1 Å². The van der Waals surface area contributed by atoms with E-state index in [4.69, 9.17) is 11.6 Å². The Morgan fingerprint density at radius 2 is 0.649 bits per heavy atom. The molecular formula is C36H27Cl. The van der Waals surface area contributed by atoms with E-state index in [9.17, 15) is 0 Å². The fourth-order valence-electron chi connectivity index (χ4n) is 10.8. The highest BCUT2D eigenvalue weighted by Crippen LogP contribution is 2.76. The lowest BCUT2D eigenvalue weighted by Crippen LogP contribution is -2.61. The summed E-state index contributed by atoms with van der Waals surface area (Å²) in [5, 5.41) is 1.16. The van der Waals surface area contributed by atoms with Gasteiger partial charge in [-0.25, -0.2) is 0 Å². The second-order valence-electron chi connectivity index (χ2n) is 12.4. The summed E-state index contributed by atoms with van der Waals surface area (Å²) in [5.41, 5.74) is 12.6. The second-order valence-corrected chi connectivity index (χ2v) is 12.8. The maximum atomic E-state index is 7.40. The summed E-state index contributed by atoms with van der Waals surface area (Å²) in [6.45, 7) is 0. The van der Waals surface area contributed by atoms with Gasteiger partial charge in [-0.2, -0.15) is 0 Å². The third-order valence-corrected chi connectivity index (χ3v) is 11.9. The third kappa shape index (κ3) is 2.15. The molecule has 6 atom stereocenters. The summed E-state index contributed by atoms with van der Waals surface area (Å²) < 4.78 is 0. The molecule has 0 aromatic heterocycles. The first kappa shape index (κ1) is 19.9. The topological polar surface area (TPSA) is 0 Å². The molecule has 1 fully saturated rings. The summed E-state index contributed by atoms with van der Waals surface area (Å²) >= 11 is 7.40. The molecule has 2 unspecified atom stereocenters. The monoisotopic (exact) mass is 494 g/mol. The van der Waals surface area contributed by atoms with Crippen LogP contribution in [0.1, 0.15) is 68.2 Å². The first-order valence-corrected chi connectivity index (χ1v) is 14.4. The van der Waals surface area contributed by atoms with E-state index in [1.165, 1.54) is 0 Å². The highest BCUT2D eigenvalue weighted by Gasteiger charge is 2.68. The fourth-order valence-corrected chi connectivity index (χ4v) is 11.2. The van der Waals surface area contributed by atoms with Crippen molar-refractivity contribution in [1.82, 2.24) is 0 Å². The van der Waals surface area contributed by atoms with E-state index in [1.54, 1.807) is 44.5 Å². The zero-order valence-electron chi connectivity index (χ0n) is 20.5. The fraction of sp³-hybridized carbons (Fsp3) is 0.278. The Hall–Kier alpha value is -3.09. The molecule has 6 bridgehead atoms. The lowest BCUT2D eigenvalue weighted by atomic mass is 9.35. The van der Waals surface area contributed by atoms with Crippen molar-refractivity contribution < 1.29 is 0 Å². The molecule has 178 valence electrons. The van der Waals surface area contributed by atoms with Crippen LogP contribution in [0.2, 0.25) is 0 Å². The number of halogens is 1. The van der Waals surface area contributed by atoms with E-state index in [0.29, 0.717) is 59.2 Å². The van der Waals surface area contributed by atoms with Crippen LogP contribution in [-0.4, -0.2) is 0 Å². The molecule has 0 N–H and O–H groups in total. The maximum Gasteiger partial charge on any atom is 0.0181 e. The van der Waals surface area contributed by atoms with Crippen molar-refractivity contribution in [1.29, 1.82) is 0 Å². The molecule has 4 aromatic rings.